The maximum Gasteiger partial charge on any atom is 0.446 e. The second-order valence-electron chi connectivity index (χ2n) is 11.3. The number of nitrogens with one attached hydrogen (secondary N) is 2. The SMILES string of the molecule is COC1COCCC1NC1CCN(C(=O)c2ncnc(NC[C@H]3CCC[C@@H](c4ccc(SC(F)(F)F)cc4)O3)c2C)CC1. The Morgan fingerprint density at radius 2 is 1.88 bits per heavy atom. The number of nitrogens with zero attached hydrogens (tertiary/aromatic N) is 3. The highest BCUT2D eigenvalue weighted by molar-refractivity contribution is 8.00. The lowest BCUT2D eigenvalue weighted by Crippen LogP contribution is -2.54. The van der Waals surface area contributed by atoms with Crippen LogP contribution in [0.3, 0.4) is 0 Å². The normalized spacial score (nSPS) is 25.5. The largest absolute Gasteiger partial charge is 0.446 e. The summed E-state index contributed by atoms with van der Waals surface area (Å²) in [4.78, 5) is 24.2. The first-order valence-corrected chi connectivity index (χ1v) is 15.7. The highest BCUT2D eigenvalue weighted by Gasteiger charge is 2.32. The number of anilines is 1. The molecule has 0 spiro atoms. The summed E-state index contributed by atoms with van der Waals surface area (Å²) in [6, 6.07) is 6.98. The van der Waals surface area contributed by atoms with E-state index in [9.17, 15) is 18.0 Å². The zero-order valence-electron chi connectivity index (χ0n) is 24.6. The third-order valence-corrected chi connectivity index (χ3v) is 9.20. The average molecular weight is 624 g/mol. The van der Waals surface area contributed by atoms with Crippen molar-refractivity contribution >= 4 is 23.5 Å². The molecular formula is C30H40F3N5O4S. The quantitative estimate of drug-likeness (QED) is 0.369. The Balaban J connectivity index is 1.12. The van der Waals surface area contributed by atoms with E-state index in [1.807, 2.05) is 11.8 Å². The van der Waals surface area contributed by atoms with Gasteiger partial charge in [0.2, 0.25) is 0 Å². The maximum atomic E-state index is 13.4. The molecule has 13 heteroatoms. The summed E-state index contributed by atoms with van der Waals surface area (Å²) in [7, 11) is 1.72. The third-order valence-electron chi connectivity index (χ3n) is 8.46. The minimum absolute atomic E-state index is 0.0465. The Morgan fingerprint density at radius 3 is 2.60 bits per heavy atom. The number of amides is 1. The molecule has 3 aliphatic rings. The fraction of sp³-hybridized carbons (Fsp3) is 0.633. The Morgan fingerprint density at radius 1 is 1.12 bits per heavy atom. The molecule has 1 aromatic carbocycles. The lowest BCUT2D eigenvalue weighted by atomic mass is 9.98. The number of hydrogen-bond acceptors (Lipinski definition) is 9. The number of thioether (sulfide) groups is 1. The van der Waals surface area contributed by atoms with Gasteiger partial charge in [0.1, 0.15) is 17.8 Å². The van der Waals surface area contributed by atoms with E-state index in [1.165, 1.54) is 18.5 Å². The minimum atomic E-state index is -4.31. The number of piperidine rings is 1. The molecule has 0 aliphatic carbocycles. The fourth-order valence-corrected chi connectivity index (χ4v) is 6.61. The molecule has 4 atom stereocenters. The molecule has 1 amide bonds. The summed E-state index contributed by atoms with van der Waals surface area (Å²) in [5.74, 6) is 0.502. The van der Waals surface area contributed by atoms with Crippen molar-refractivity contribution < 1.29 is 32.2 Å². The van der Waals surface area contributed by atoms with Crippen molar-refractivity contribution in [2.75, 3.05) is 45.3 Å². The van der Waals surface area contributed by atoms with Crippen molar-refractivity contribution in [1.82, 2.24) is 20.2 Å². The van der Waals surface area contributed by atoms with Gasteiger partial charge in [-0.25, -0.2) is 9.97 Å². The molecule has 5 rings (SSSR count). The van der Waals surface area contributed by atoms with Gasteiger partial charge in [0.05, 0.1) is 24.9 Å². The van der Waals surface area contributed by atoms with Crippen LogP contribution in [0.15, 0.2) is 35.5 Å². The van der Waals surface area contributed by atoms with Crippen molar-refractivity contribution in [3.63, 3.8) is 0 Å². The van der Waals surface area contributed by atoms with E-state index in [2.05, 4.69) is 20.6 Å². The van der Waals surface area contributed by atoms with Gasteiger partial charge < -0.3 is 29.7 Å². The first-order valence-electron chi connectivity index (χ1n) is 14.9. The summed E-state index contributed by atoms with van der Waals surface area (Å²) >= 11 is -0.118. The fourth-order valence-electron chi connectivity index (χ4n) is 6.07. The number of likely N-dealkylation sites (tertiary alicyclic amines) is 1. The van der Waals surface area contributed by atoms with Crippen LogP contribution in [-0.4, -0.2) is 90.5 Å². The molecule has 43 heavy (non-hydrogen) atoms. The Labute approximate surface area is 254 Å². The predicted octanol–water partition coefficient (Wildman–Crippen LogP) is 5.12. The van der Waals surface area contributed by atoms with Gasteiger partial charge in [-0.05, 0) is 74.9 Å². The molecule has 3 fully saturated rings. The molecule has 0 radical (unpaired) electrons. The van der Waals surface area contributed by atoms with Crippen LogP contribution in [0.25, 0.3) is 0 Å². The van der Waals surface area contributed by atoms with E-state index in [-0.39, 0.29) is 46.9 Å². The lowest BCUT2D eigenvalue weighted by molar-refractivity contribution is -0.0533. The van der Waals surface area contributed by atoms with Gasteiger partial charge in [0.25, 0.3) is 5.91 Å². The second-order valence-corrected chi connectivity index (χ2v) is 12.5. The summed E-state index contributed by atoms with van der Waals surface area (Å²) in [5.41, 5.74) is -2.35. The van der Waals surface area contributed by atoms with E-state index in [0.717, 1.165) is 50.7 Å². The van der Waals surface area contributed by atoms with E-state index in [4.69, 9.17) is 14.2 Å². The van der Waals surface area contributed by atoms with Crippen LogP contribution in [0.5, 0.6) is 0 Å². The van der Waals surface area contributed by atoms with Crippen molar-refractivity contribution in [3.8, 4) is 0 Å². The number of alkyl halides is 3. The van der Waals surface area contributed by atoms with Crippen LogP contribution in [0.2, 0.25) is 0 Å². The van der Waals surface area contributed by atoms with Crippen LogP contribution >= 0.6 is 11.8 Å². The molecule has 4 heterocycles. The van der Waals surface area contributed by atoms with Gasteiger partial charge in [-0.3, -0.25) is 4.79 Å². The Bertz CT molecular complexity index is 1210. The van der Waals surface area contributed by atoms with Gasteiger partial charge in [-0.15, -0.1) is 0 Å². The molecule has 0 saturated carbocycles. The second kappa shape index (κ2) is 14.6. The average Bonchev–Trinajstić information content (AvgIpc) is 3.01. The first kappa shape index (κ1) is 32.0. The van der Waals surface area contributed by atoms with Crippen LogP contribution in [0.4, 0.5) is 19.0 Å². The van der Waals surface area contributed by atoms with Crippen molar-refractivity contribution in [3.05, 3.63) is 47.4 Å². The molecule has 2 aromatic rings. The number of hydrogen-bond donors (Lipinski definition) is 2. The standard InChI is InChI=1S/C30H40F3N5O4S/c1-19-27(29(39)38-13-10-21(11-14-38)37-24-12-15-41-17-26(24)40-2)35-18-36-28(19)34-16-22-4-3-5-25(42-22)20-6-8-23(9-7-20)43-30(31,32)33/h6-9,18,21-22,24-26,37H,3-5,10-17H2,1-2H3,(H,34,35,36)/t22-,24?,25+,26?/m1/s1. The van der Waals surface area contributed by atoms with Gasteiger partial charge in [-0.1, -0.05) is 12.1 Å². The summed E-state index contributed by atoms with van der Waals surface area (Å²) in [6.45, 7) is 4.98. The lowest BCUT2D eigenvalue weighted by Gasteiger charge is -2.38. The predicted molar refractivity (Wildman–Crippen MR) is 157 cm³/mol. The van der Waals surface area contributed by atoms with Gasteiger partial charge >= 0.3 is 5.51 Å². The molecule has 1 aromatic heterocycles. The maximum absolute atomic E-state index is 13.4. The van der Waals surface area contributed by atoms with Crippen LogP contribution in [-0.2, 0) is 14.2 Å². The molecule has 236 valence electrons. The number of halogens is 3. The summed E-state index contributed by atoms with van der Waals surface area (Å²) in [6.07, 6.45) is 6.41. The molecular weight excluding hydrogens is 583 g/mol. The molecule has 3 saturated heterocycles. The van der Waals surface area contributed by atoms with Crippen molar-refractivity contribution in [2.45, 2.75) is 86.2 Å². The Kier molecular flexibility index (Phi) is 10.8. The number of aromatic nitrogens is 2. The van der Waals surface area contributed by atoms with Crippen LogP contribution in [0, 0.1) is 6.92 Å². The molecule has 0 bridgehead atoms. The highest BCUT2D eigenvalue weighted by Crippen LogP contribution is 2.38. The molecule has 3 aliphatic heterocycles. The molecule has 2 unspecified atom stereocenters. The number of carbonyl (C=O) groups is 1. The van der Waals surface area contributed by atoms with Gasteiger partial charge in [0, 0.05) is 55.9 Å². The van der Waals surface area contributed by atoms with E-state index < -0.39 is 5.51 Å². The summed E-state index contributed by atoms with van der Waals surface area (Å²) in [5, 5.41) is 7.06. The van der Waals surface area contributed by atoms with Gasteiger partial charge in [-0.2, -0.15) is 13.2 Å². The zero-order chi connectivity index (χ0) is 30.4. The highest BCUT2D eigenvalue weighted by atomic mass is 32.2. The number of methoxy groups -OCH3 is 1. The van der Waals surface area contributed by atoms with Gasteiger partial charge in [0.15, 0.2) is 0 Å². The number of carbonyl (C=O) groups excluding carboxylic acids is 1. The zero-order valence-corrected chi connectivity index (χ0v) is 25.4. The number of ether oxygens (including phenoxy) is 3. The minimum Gasteiger partial charge on any atom is -0.379 e. The van der Waals surface area contributed by atoms with Crippen molar-refractivity contribution in [1.29, 1.82) is 0 Å². The Hall–Kier alpha value is -2.45. The molecule has 9 nitrogen and oxygen atoms in total. The number of rotatable bonds is 9. The van der Waals surface area contributed by atoms with Crippen LogP contribution < -0.4 is 10.6 Å². The van der Waals surface area contributed by atoms with E-state index in [1.54, 1.807) is 19.2 Å². The number of benzene rings is 1. The summed E-state index contributed by atoms with van der Waals surface area (Å²) < 4.78 is 55.4. The van der Waals surface area contributed by atoms with E-state index in [0.29, 0.717) is 49.4 Å². The first-order chi connectivity index (χ1) is 20.7. The molecule has 2 N–H and O–H groups in total. The topological polar surface area (TPSA) is 97.8 Å². The van der Waals surface area contributed by atoms with Crippen LogP contribution in [0.1, 0.15) is 66.2 Å². The smallest absolute Gasteiger partial charge is 0.379 e. The monoisotopic (exact) mass is 623 g/mol. The third kappa shape index (κ3) is 8.59. The van der Waals surface area contributed by atoms with Crippen molar-refractivity contribution in [2.24, 2.45) is 0 Å². The van der Waals surface area contributed by atoms with E-state index >= 15 is 0 Å².